The van der Waals surface area contributed by atoms with Gasteiger partial charge in [0.05, 0.1) is 24.8 Å². The van der Waals surface area contributed by atoms with Crippen LogP contribution in [-0.4, -0.2) is 58.0 Å². The van der Waals surface area contributed by atoms with Crippen LogP contribution in [0.15, 0.2) is 102 Å². The Morgan fingerprint density at radius 2 is 1.52 bits per heavy atom. The van der Waals surface area contributed by atoms with Crippen molar-refractivity contribution in [1.82, 2.24) is 10.2 Å². The number of ether oxygens (including phenoxy) is 2. The molecule has 9 nitrogen and oxygen atoms in total. The van der Waals surface area contributed by atoms with E-state index in [1.54, 1.807) is 24.3 Å². The van der Waals surface area contributed by atoms with Crippen LogP contribution in [0.5, 0.6) is 11.5 Å². The van der Waals surface area contributed by atoms with Gasteiger partial charge in [0.1, 0.15) is 24.1 Å². The van der Waals surface area contributed by atoms with Crippen LogP contribution in [0.3, 0.4) is 0 Å². The molecular formula is C38H45N3O6S. The molecule has 0 radical (unpaired) electrons. The number of amides is 2. The zero-order chi connectivity index (χ0) is 34.8. The molecule has 0 unspecified atom stereocenters. The summed E-state index contributed by atoms with van der Waals surface area (Å²) in [7, 11) is -1.41. The molecule has 0 aliphatic rings. The van der Waals surface area contributed by atoms with Crippen molar-refractivity contribution in [3.63, 3.8) is 0 Å². The smallest absolute Gasteiger partial charge is 0.264 e. The van der Waals surface area contributed by atoms with Gasteiger partial charge in [-0.25, -0.2) is 8.42 Å². The van der Waals surface area contributed by atoms with Crippen molar-refractivity contribution in [2.45, 2.75) is 64.1 Å². The van der Waals surface area contributed by atoms with Gasteiger partial charge in [0.15, 0.2) is 0 Å². The number of nitrogens with zero attached hydrogens (tertiary/aromatic N) is 2. The lowest BCUT2D eigenvalue weighted by Gasteiger charge is -2.35. The first kappa shape index (κ1) is 36.0. The Bertz CT molecular complexity index is 1800. The maximum atomic E-state index is 14.8. The van der Waals surface area contributed by atoms with Gasteiger partial charge in [0.25, 0.3) is 10.0 Å². The molecule has 2 atom stereocenters. The van der Waals surface area contributed by atoms with Gasteiger partial charge in [-0.15, -0.1) is 0 Å². The Balaban J connectivity index is 1.88. The molecule has 4 aromatic rings. The number of nitrogens with one attached hydrogen (secondary N) is 1. The summed E-state index contributed by atoms with van der Waals surface area (Å²) in [4.78, 5) is 30.3. The van der Waals surface area contributed by atoms with Crippen LogP contribution in [0.4, 0.5) is 5.69 Å². The number of hydrogen-bond acceptors (Lipinski definition) is 6. The van der Waals surface area contributed by atoms with E-state index in [0.717, 1.165) is 26.6 Å². The molecule has 0 aliphatic carbocycles. The predicted octanol–water partition coefficient (Wildman–Crippen LogP) is 6.07. The monoisotopic (exact) mass is 671 g/mol. The molecule has 0 fully saturated rings. The topological polar surface area (TPSA) is 105 Å². The highest BCUT2D eigenvalue weighted by molar-refractivity contribution is 7.92. The molecule has 48 heavy (non-hydrogen) atoms. The molecule has 0 spiro atoms. The number of aryl methyl sites for hydroxylation is 2. The molecule has 254 valence electrons. The van der Waals surface area contributed by atoms with Crippen molar-refractivity contribution in [2.24, 2.45) is 0 Å². The summed E-state index contributed by atoms with van der Waals surface area (Å²) in [5, 5.41) is 3.06. The van der Waals surface area contributed by atoms with Gasteiger partial charge in [-0.3, -0.25) is 13.9 Å². The van der Waals surface area contributed by atoms with Crippen molar-refractivity contribution >= 4 is 27.5 Å². The molecule has 0 saturated heterocycles. The van der Waals surface area contributed by atoms with E-state index in [1.807, 2.05) is 82.3 Å². The Labute approximate surface area is 284 Å². The van der Waals surface area contributed by atoms with Crippen LogP contribution in [0, 0.1) is 13.8 Å². The lowest BCUT2D eigenvalue weighted by Crippen LogP contribution is -2.54. The molecule has 0 saturated carbocycles. The number of anilines is 1. The van der Waals surface area contributed by atoms with Crippen LogP contribution in [-0.2, 0) is 32.6 Å². The van der Waals surface area contributed by atoms with Crippen LogP contribution in [0.25, 0.3) is 0 Å². The summed E-state index contributed by atoms with van der Waals surface area (Å²) in [6.07, 6.45) is 0.932. The Kier molecular flexibility index (Phi) is 12.2. The molecule has 0 aromatic heterocycles. The normalized spacial score (nSPS) is 12.5. The number of rotatable bonds is 15. The zero-order valence-electron chi connectivity index (χ0n) is 28.5. The fraction of sp³-hybridized carbons (Fsp3) is 0.316. The van der Waals surface area contributed by atoms with Crippen molar-refractivity contribution in [1.29, 1.82) is 0 Å². The van der Waals surface area contributed by atoms with Crippen LogP contribution >= 0.6 is 0 Å². The van der Waals surface area contributed by atoms with E-state index in [9.17, 15) is 18.0 Å². The van der Waals surface area contributed by atoms with E-state index in [2.05, 4.69) is 5.32 Å². The van der Waals surface area contributed by atoms with Crippen molar-refractivity contribution in [2.75, 3.05) is 25.1 Å². The standard InChI is InChI=1S/C38H45N3O6S/c1-7-29(4)39-38(43)35(23-30-14-9-8-10-15-30)40(25-31-16-12-11-13-28(31)3)37(42)26-41(34-24-32(46-5)19-22-36(34)47-6)48(44,45)33-20-17-27(2)18-21-33/h8-22,24,29,35H,7,23,25-26H2,1-6H3,(H,39,43)/t29-,35+/m1/s1. The van der Waals surface area contributed by atoms with Gasteiger partial charge >= 0.3 is 0 Å². The van der Waals surface area contributed by atoms with Gasteiger partial charge in [-0.1, -0.05) is 79.2 Å². The minimum atomic E-state index is -4.32. The minimum Gasteiger partial charge on any atom is -0.497 e. The Morgan fingerprint density at radius 3 is 2.15 bits per heavy atom. The maximum Gasteiger partial charge on any atom is 0.264 e. The second-order valence-corrected chi connectivity index (χ2v) is 13.7. The van der Waals surface area contributed by atoms with E-state index < -0.39 is 28.5 Å². The van der Waals surface area contributed by atoms with E-state index in [1.165, 1.54) is 37.3 Å². The number of carbonyl (C=O) groups is 2. The highest BCUT2D eigenvalue weighted by atomic mass is 32.2. The third kappa shape index (κ3) is 8.74. The lowest BCUT2D eigenvalue weighted by molar-refractivity contribution is -0.140. The van der Waals surface area contributed by atoms with Crippen LogP contribution in [0.2, 0.25) is 0 Å². The van der Waals surface area contributed by atoms with Crippen molar-refractivity contribution in [3.05, 3.63) is 119 Å². The van der Waals surface area contributed by atoms with Gasteiger partial charge in [-0.05, 0) is 68.1 Å². The lowest BCUT2D eigenvalue weighted by atomic mass is 10.0. The van der Waals surface area contributed by atoms with E-state index in [4.69, 9.17) is 9.47 Å². The molecule has 1 N–H and O–H groups in total. The SMILES string of the molecule is CC[C@@H](C)NC(=O)[C@H](Cc1ccccc1)N(Cc1ccccc1C)C(=O)CN(c1cc(OC)ccc1OC)S(=O)(=O)c1ccc(C)cc1. The summed E-state index contributed by atoms with van der Waals surface area (Å²) < 4.78 is 41.0. The van der Waals surface area contributed by atoms with E-state index in [0.29, 0.717) is 12.2 Å². The molecule has 4 aromatic carbocycles. The highest BCUT2D eigenvalue weighted by Crippen LogP contribution is 2.36. The van der Waals surface area contributed by atoms with E-state index >= 15 is 0 Å². The summed E-state index contributed by atoms with van der Waals surface area (Å²) in [5.74, 6) is -0.254. The summed E-state index contributed by atoms with van der Waals surface area (Å²) in [5.41, 5.74) is 3.66. The average Bonchev–Trinajstić information content (AvgIpc) is 3.09. The highest BCUT2D eigenvalue weighted by Gasteiger charge is 2.36. The number of methoxy groups -OCH3 is 2. The molecule has 0 heterocycles. The van der Waals surface area contributed by atoms with Crippen molar-refractivity contribution in [3.8, 4) is 11.5 Å². The largest absolute Gasteiger partial charge is 0.497 e. The summed E-state index contributed by atoms with van der Waals surface area (Å²) in [6.45, 7) is 7.18. The third-order valence-corrected chi connectivity index (χ3v) is 10.2. The van der Waals surface area contributed by atoms with Gasteiger partial charge < -0.3 is 19.7 Å². The first-order valence-electron chi connectivity index (χ1n) is 16.0. The zero-order valence-corrected chi connectivity index (χ0v) is 29.3. The quantitative estimate of drug-likeness (QED) is 0.165. The molecular weight excluding hydrogens is 627 g/mol. The van der Waals surface area contributed by atoms with Gasteiger partial charge in [0, 0.05) is 25.1 Å². The fourth-order valence-corrected chi connectivity index (χ4v) is 6.73. The molecule has 10 heteroatoms. The second-order valence-electron chi connectivity index (χ2n) is 11.8. The molecule has 0 bridgehead atoms. The first-order valence-corrected chi connectivity index (χ1v) is 17.4. The number of sulfonamides is 1. The van der Waals surface area contributed by atoms with Crippen molar-refractivity contribution < 1.29 is 27.5 Å². The fourth-order valence-electron chi connectivity index (χ4n) is 5.31. The Morgan fingerprint density at radius 1 is 0.854 bits per heavy atom. The third-order valence-electron chi connectivity index (χ3n) is 8.42. The molecule has 4 rings (SSSR count). The average molecular weight is 672 g/mol. The number of carbonyl (C=O) groups excluding carboxylic acids is 2. The van der Waals surface area contributed by atoms with Crippen LogP contribution < -0.4 is 19.1 Å². The Hall–Kier alpha value is -4.83. The summed E-state index contributed by atoms with van der Waals surface area (Å²) in [6, 6.07) is 27.3. The summed E-state index contributed by atoms with van der Waals surface area (Å²) >= 11 is 0. The number of hydrogen-bond donors (Lipinski definition) is 1. The van der Waals surface area contributed by atoms with Gasteiger partial charge in [0.2, 0.25) is 11.8 Å². The second kappa shape index (κ2) is 16.3. The molecule has 2 amide bonds. The predicted molar refractivity (Wildman–Crippen MR) is 189 cm³/mol. The first-order chi connectivity index (χ1) is 23.0. The minimum absolute atomic E-state index is 0.00609. The van der Waals surface area contributed by atoms with E-state index in [-0.39, 0.29) is 41.2 Å². The van der Waals surface area contributed by atoms with Gasteiger partial charge in [-0.2, -0.15) is 0 Å². The van der Waals surface area contributed by atoms with Crippen LogP contribution in [0.1, 0.15) is 42.5 Å². The molecule has 0 aliphatic heterocycles. The number of benzene rings is 4. The maximum absolute atomic E-state index is 14.8.